The Morgan fingerprint density at radius 2 is 2.00 bits per heavy atom. The van der Waals surface area contributed by atoms with Gasteiger partial charge in [0.05, 0.1) is 4.90 Å². The quantitative estimate of drug-likeness (QED) is 0.811. The zero-order valence-electron chi connectivity index (χ0n) is 12.5. The lowest BCUT2D eigenvalue weighted by atomic mass is 10.1. The third-order valence-electron chi connectivity index (χ3n) is 3.99. The lowest BCUT2D eigenvalue weighted by Crippen LogP contribution is -2.29. The second kappa shape index (κ2) is 5.84. The van der Waals surface area contributed by atoms with Gasteiger partial charge in [-0.25, -0.2) is 13.1 Å². The van der Waals surface area contributed by atoms with Gasteiger partial charge in [-0.3, -0.25) is 0 Å². The van der Waals surface area contributed by atoms with Crippen molar-refractivity contribution in [2.75, 3.05) is 13.1 Å². The van der Waals surface area contributed by atoms with E-state index in [-0.39, 0.29) is 5.41 Å². The van der Waals surface area contributed by atoms with Crippen LogP contribution in [0, 0.1) is 12.3 Å². The van der Waals surface area contributed by atoms with Crippen LogP contribution in [0.3, 0.4) is 0 Å². The van der Waals surface area contributed by atoms with Crippen LogP contribution in [0.25, 0.3) is 0 Å². The van der Waals surface area contributed by atoms with Crippen molar-refractivity contribution in [2.45, 2.75) is 45.1 Å². The molecule has 1 saturated carbocycles. The minimum atomic E-state index is -3.40. The lowest BCUT2D eigenvalue weighted by Gasteiger charge is -2.13. The molecule has 0 spiro atoms. The van der Waals surface area contributed by atoms with Crippen molar-refractivity contribution in [1.29, 1.82) is 0 Å². The molecule has 20 heavy (non-hydrogen) atoms. The maximum atomic E-state index is 12.3. The van der Waals surface area contributed by atoms with Gasteiger partial charge in [-0.15, -0.1) is 0 Å². The predicted octanol–water partition coefficient (Wildman–Crippen LogP) is 2.18. The van der Waals surface area contributed by atoms with Gasteiger partial charge in [-0.1, -0.05) is 19.9 Å². The summed E-state index contributed by atoms with van der Waals surface area (Å²) in [7, 11) is -3.40. The fourth-order valence-electron chi connectivity index (χ4n) is 2.01. The minimum Gasteiger partial charge on any atom is -0.313 e. The minimum absolute atomic E-state index is 0.171. The van der Waals surface area contributed by atoms with Crippen LogP contribution >= 0.6 is 0 Å². The van der Waals surface area contributed by atoms with Gasteiger partial charge < -0.3 is 5.32 Å². The summed E-state index contributed by atoms with van der Waals surface area (Å²) in [5.41, 5.74) is 2.32. The highest BCUT2D eigenvalue weighted by molar-refractivity contribution is 7.89. The molecule has 1 aliphatic rings. The highest BCUT2D eigenvalue weighted by Crippen LogP contribution is 2.44. The van der Waals surface area contributed by atoms with E-state index in [0.717, 1.165) is 30.5 Å². The molecule has 0 aromatic heterocycles. The number of hydrogen-bond acceptors (Lipinski definition) is 3. The van der Waals surface area contributed by atoms with Crippen LogP contribution in [0.2, 0.25) is 0 Å². The summed E-state index contributed by atoms with van der Waals surface area (Å²) in [4.78, 5) is 0.361. The Kier molecular flexibility index (Phi) is 4.52. The zero-order valence-corrected chi connectivity index (χ0v) is 13.3. The maximum absolute atomic E-state index is 12.3. The summed E-state index contributed by atoms with van der Waals surface area (Å²) in [6.45, 7) is 8.25. The standard InChI is InChI=1S/C15H24N2O2S/c1-4-16-10-13-9-14(6-5-12(13)2)20(18,19)17-11-15(3)7-8-15/h5-6,9,16-17H,4,7-8,10-11H2,1-3H3. The van der Waals surface area contributed by atoms with Crippen LogP contribution in [0.5, 0.6) is 0 Å². The summed E-state index contributed by atoms with van der Waals surface area (Å²) in [5, 5.41) is 3.24. The highest BCUT2D eigenvalue weighted by Gasteiger charge is 2.38. The molecule has 0 radical (unpaired) electrons. The average molecular weight is 296 g/mol. The summed E-state index contributed by atoms with van der Waals surface area (Å²) in [6, 6.07) is 5.33. The normalized spacial score (nSPS) is 17.1. The fraction of sp³-hybridized carbons (Fsp3) is 0.600. The molecule has 0 bridgehead atoms. The summed E-state index contributed by atoms with van der Waals surface area (Å²) < 4.78 is 27.4. The molecule has 2 N–H and O–H groups in total. The van der Waals surface area contributed by atoms with Crippen LogP contribution in [0.1, 0.15) is 37.8 Å². The fourth-order valence-corrected chi connectivity index (χ4v) is 3.26. The van der Waals surface area contributed by atoms with Gasteiger partial charge in [0.25, 0.3) is 0 Å². The van der Waals surface area contributed by atoms with E-state index in [2.05, 4.69) is 17.0 Å². The van der Waals surface area contributed by atoms with E-state index in [4.69, 9.17) is 0 Å². The SMILES string of the molecule is CCNCc1cc(S(=O)(=O)NCC2(C)CC2)ccc1C. The molecule has 112 valence electrons. The van der Waals surface area contributed by atoms with Crippen molar-refractivity contribution in [1.82, 2.24) is 10.0 Å². The monoisotopic (exact) mass is 296 g/mol. The number of nitrogens with one attached hydrogen (secondary N) is 2. The van der Waals surface area contributed by atoms with Crippen molar-refractivity contribution in [3.63, 3.8) is 0 Å². The molecular formula is C15H24N2O2S. The molecule has 5 heteroatoms. The van der Waals surface area contributed by atoms with Crippen molar-refractivity contribution in [3.05, 3.63) is 29.3 Å². The highest BCUT2D eigenvalue weighted by atomic mass is 32.2. The first-order valence-electron chi connectivity index (χ1n) is 7.16. The van der Waals surface area contributed by atoms with Crippen molar-refractivity contribution in [2.24, 2.45) is 5.41 Å². The second-order valence-corrected chi connectivity index (χ2v) is 7.77. The predicted molar refractivity (Wildman–Crippen MR) is 81.1 cm³/mol. The number of aryl methyl sites for hydroxylation is 1. The van der Waals surface area contributed by atoms with Gasteiger partial charge in [-0.05, 0) is 55.0 Å². The van der Waals surface area contributed by atoms with Gasteiger partial charge in [0.2, 0.25) is 10.0 Å². The van der Waals surface area contributed by atoms with Crippen molar-refractivity contribution < 1.29 is 8.42 Å². The molecule has 4 nitrogen and oxygen atoms in total. The van der Waals surface area contributed by atoms with E-state index in [1.54, 1.807) is 12.1 Å². The molecule has 1 fully saturated rings. The molecule has 1 aromatic rings. The van der Waals surface area contributed by atoms with E-state index in [0.29, 0.717) is 18.0 Å². The molecular weight excluding hydrogens is 272 g/mol. The molecule has 0 unspecified atom stereocenters. The first-order chi connectivity index (χ1) is 9.36. The van der Waals surface area contributed by atoms with Crippen LogP contribution in [-0.4, -0.2) is 21.5 Å². The van der Waals surface area contributed by atoms with E-state index < -0.39 is 10.0 Å². The molecule has 2 rings (SSSR count). The van der Waals surface area contributed by atoms with Crippen LogP contribution in [0.15, 0.2) is 23.1 Å². The Morgan fingerprint density at radius 1 is 1.30 bits per heavy atom. The Balaban J connectivity index is 2.13. The number of sulfonamides is 1. The molecule has 0 heterocycles. The van der Waals surface area contributed by atoms with Gasteiger partial charge in [-0.2, -0.15) is 0 Å². The van der Waals surface area contributed by atoms with Gasteiger partial charge in [0.15, 0.2) is 0 Å². The van der Waals surface area contributed by atoms with Gasteiger partial charge in [0, 0.05) is 13.1 Å². The average Bonchev–Trinajstić information content (AvgIpc) is 3.14. The van der Waals surface area contributed by atoms with Crippen LogP contribution in [0.4, 0.5) is 0 Å². The van der Waals surface area contributed by atoms with Crippen LogP contribution in [-0.2, 0) is 16.6 Å². The molecule has 1 aliphatic carbocycles. The number of benzene rings is 1. The van der Waals surface area contributed by atoms with Crippen molar-refractivity contribution >= 4 is 10.0 Å². The van der Waals surface area contributed by atoms with Crippen molar-refractivity contribution in [3.8, 4) is 0 Å². The van der Waals surface area contributed by atoms with E-state index in [1.165, 1.54) is 0 Å². The second-order valence-electron chi connectivity index (χ2n) is 6.00. The molecule has 0 aliphatic heterocycles. The van der Waals surface area contributed by atoms with E-state index in [1.807, 2.05) is 19.9 Å². The van der Waals surface area contributed by atoms with Gasteiger partial charge in [0.1, 0.15) is 0 Å². The third kappa shape index (κ3) is 3.81. The zero-order chi connectivity index (χ0) is 14.8. The molecule has 0 atom stereocenters. The summed E-state index contributed by atoms with van der Waals surface area (Å²) >= 11 is 0. The lowest BCUT2D eigenvalue weighted by molar-refractivity contribution is 0.530. The number of rotatable bonds is 7. The summed E-state index contributed by atoms with van der Waals surface area (Å²) in [5.74, 6) is 0. The Labute approximate surface area is 122 Å². The first kappa shape index (κ1) is 15.5. The third-order valence-corrected chi connectivity index (χ3v) is 5.39. The smallest absolute Gasteiger partial charge is 0.240 e. The first-order valence-corrected chi connectivity index (χ1v) is 8.64. The van der Waals surface area contributed by atoms with E-state index in [9.17, 15) is 8.42 Å². The molecule has 0 saturated heterocycles. The maximum Gasteiger partial charge on any atom is 0.240 e. The van der Waals surface area contributed by atoms with Crippen LogP contribution < -0.4 is 10.0 Å². The summed E-state index contributed by atoms with van der Waals surface area (Å²) in [6.07, 6.45) is 2.21. The molecule has 0 amide bonds. The molecule has 1 aromatic carbocycles. The number of hydrogen-bond donors (Lipinski definition) is 2. The largest absolute Gasteiger partial charge is 0.313 e. The van der Waals surface area contributed by atoms with E-state index >= 15 is 0 Å². The topological polar surface area (TPSA) is 58.2 Å². The van der Waals surface area contributed by atoms with Gasteiger partial charge >= 0.3 is 0 Å². The Morgan fingerprint density at radius 3 is 2.60 bits per heavy atom. The Bertz CT molecular complexity index is 578. The Hall–Kier alpha value is -0.910.